The molecular formula is C12H12N2OS. The zero-order chi connectivity index (χ0) is 11.4. The van der Waals surface area contributed by atoms with Crippen LogP contribution in [0.25, 0.3) is 0 Å². The van der Waals surface area contributed by atoms with E-state index in [2.05, 4.69) is 10.3 Å². The van der Waals surface area contributed by atoms with Crippen LogP contribution in [-0.2, 0) is 0 Å². The lowest BCUT2D eigenvalue weighted by atomic mass is 10.1. The molecule has 0 aliphatic carbocycles. The van der Waals surface area contributed by atoms with Crippen LogP contribution in [0.3, 0.4) is 0 Å². The molecule has 0 radical (unpaired) electrons. The number of rotatable bonds is 4. The van der Waals surface area contributed by atoms with Crippen LogP contribution in [0.2, 0.25) is 0 Å². The van der Waals surface area contributed by atoms with Crippen molar-refractivity contribution < 1.29 is 4.79 Å². The fraction of sp³-hybridized carbons (Fsp3) is 0.167. The molecular weight excluding hydrogens is 220 g/mol. The highest BCUT2D eigenvalue weighted by Crippen LogP contribution is 2.18. The molecule has 0 bridgehead atoms. The first-order valence-corrected chi connectivity index (χ1v) is 6.03. The van der Waals surface area contributed by atoms with Crippen LogP contribution in [0.4, 0.5) is 5.82 Å². The van der Waals surface area contributed by atoms with E-state index in [-0.39, 0.29) is 5.78 Å². The Balaban J connectivity index is 2.36. The summed E-state index contributed by atoms with van der Waals surface area (Å²) in [7, 11) is 0. The number of hydrogen-bond acceptors (Lipinski definition) is 4. The number of aromatic nitrogens is 1. The van der Waals surface area contributed by atoms with Crippen molar-refractivity contribution in [2.75, 3.05) is 11.9 Å². The maximum Gasteiger partial charge on any atom is 0.197 e. The number of ketones is 1. The van der Waals surface area contributed by atoms with Gasteiger partial charge in [0.25, 0.3) is 0 Å². The Morgan fingerprint density at radius 3 is 3.06 bits per heavy atom. The van der Waals surface area contributed by atoms with Crippen molar-refractivity contribution >= 4 is 22.9 Å². The van der Waals surface area contributed by atoms with Gasteiger partial charge in [-0.05, 0) is 30.5 Å². The van der Waals surface area contributed by atoms with Gasteiger partial charge in [-0.3, -0.25) is 4.79 Å². The molecule has 4 heteroatoms. The van der Waals surface area contributed by atoms with E-state index >= 15 is 0 Å². The van der Waals surface area contributed by atoms with Crippen LogP contribution < -0.4 is 5.32 Å². The van der Waals surface area contributed by atoms with Gasteiger partial charge in [-0.25, -0.2) is 4.98 Å². The number of carbonyl (C=O) groups is 1. The summed E-state index contributed by atoms with van der Waals surface area (Å²) in [6, 6.07) is 5.40. The van der Waals surface area contributed by atoms with Gasteiger partial charge in [-0.15, -0.1) is 0 Å². The Hall–Kier alpha value is -1.68. The number of pyridine rings is 1. The largest absolute Gasteiger partial charge is 0.370 e. The van der Waals surface area contributed by atoms with Gasteiger partial charge in [0.1, 0.15) is 5.82 Å². The van der Waals surface area contributed by atoms with Crippen LogP contribution in [0.5, 0.6) is 0 Å². The zero-order valence-corrected chi connectivity index (χ0v) is 9.75. The summed E-state index contributed by atoms with van der Waals surface area (Å²) >= 11 is 1.52. The van der Waals surface area contributed by atoms with Gasteiger partial charge in [0, 0.05) is 23.7 Å². The Morgan fingerprint density at radius 1 is 1.50 bits per heavy atom. The van der Waals surface area contributed by atoms with E-state index in [1.807, 2.05) is 23.8 Å². The minimum Gasteiger partial charge on any atom is -0.370 e. The van der Waals surface area contributed by atoms with Gasteiger partial charge in [0.2, 0.25) is 0 Å². The Morgan fingerprint density at radius 2 is 2.38 bits per heavy atom. The first-order chi connectivity index (χ1) is 7.83. The molecule has 0 saturated carbocycles. The second-order valence-corrected chi connectivity index (χ2v) is 4.05. The molecule has 1 N–H and O–H groups in total. The van der Waals surface area contributed by atoms with Gasteiger partial charge in [0.15, 0.2) is 5.78 Å². The number of nitrogens with zero attached hydrogens (tertiary/aromatic N) is 1. The molecule has 0 amide bonds. The summed E-state index contributed by atoms with van der Waals surface area (Å²) in [4.78, 5) is 16.3. The highest BCUT2D eigenvalue weighted by Gasteiger charge is 2.13. The van der Waals surface area contributed by atoms with Gasteiger partial charge >= 0.3 is 0 Å². The molecule has 2 heterocycles. The normalized spacial score (nSPS) is 10.1. The predicted molar refractivity (Wildman–Crippen MR) is 66.2 cm³/mol. The van der Waals surface area contributed by atoms with Crippen LogP contribution in [0, 0.1) is 0 Å². The third-order valence-corrected chi connectivity index (χ3v) is 2.86. The average molecular weight is 232 g/mol. The highest BCUT2D eigenvalue weighted by molar-refractivity contribution is 7.08. The van der Waals surface area contributed by atoms with Crippen molar-refractivity contribution in [2.24, 2.45) is 0 Å². The maximum atomic E-state index is 12.1. The smallest absolute Gasteiger partial charge is 0.197 e. The Kier molecular flexibility index (Phi) is 3.31. The molecule has 2 rings (SSSR count). The summed E-state index contributed by atoms with van der Waals surface area (Å²) in [5.41, 5.74) is 1.35. The molecule has 2 aromatic heterocycles. The molecule has 0 spiro atoms. The third-order valence-electron chi connectivity index (χ3n) is 2.18. The molecule has 0 aliphatic heterocycles. The van der Waals surface area contributed by atoms with Crippen molar-refractivity contribution in [3.8, 4) is 0 Å². The minimum absolute atomic E-state index is 0.0188. The monoisotopic (exact) mass is 232 g/mol. The lowest BCUT2D eigenvalue weighted by Gasteiger charge is -2.07. The average Bonchev–Trinajstić information content (AvgIpc) is 2.83. The van der Waals surface area contributed by atoms with E-state index in [0.717, 1.165) is 12.1 Å². The molecule has 82 valence electrons. The maximum absolute atomic E-state index is 12.1. The van der Waals surface area contributed by atoms with Crippen LogP contribution in [0.15, 0.2) is 35.2 Å². The first kappa shape index (κ1) is 10.8. The number of hydrogen-bond donors (Lipinski definition) is 1. The molecule has 0 aliphatic rings. The van der Waals surface area contributed by atoms with E-state index in [1.54, 1.807) is 18.3 Å². The fourth-order valence-corrected chi connectivity index (χ4v) is 2.08. The summed E-state index contributed by atoms with van der Waals surface area (Å²) in [6.45, 7) is 2.73. The second-order valence-electron chi connectivity index (χ2n) is 3.27. The number of thiophene rings is 1. The van der Waals surface area contributed by atoms with Crippen molar-refractivity contribution in [3.05, 3.63) is 46.3 Å². The molecule has 2 aromatic rings. The lowest BCUT2D eigenvalue weighted by Crippen LogP contribution is -2.08. The summed E-state index contributed by atoms with van der Waals surface area (Å²) < 4.78 is 0. The fourth-order valence-electron chi connectivity index (χ4n) is 1.45. The molecule has 0 saturated heterocycles. The van der Waals surface area contributed by atoms with E-state index in [9.17, 15) is 4.79 Å². The molecule has 3 nitrogen and oxygen atoms in total. The summed E-state index contributed by atoms with van der Waals surface area (Å²) in [5.74, 6) is 0.673. The molecule has 0 atom stereocenters. The van der Waals surface area contributed by atoms with Crippen LogP contribution in [-0.4, -0.2) is 17.3 Å². The van der Waals surface area contributed by atoms with Gasteiger partial charge in [-0.2, -0.15) is 11.3 Å². The summed E-state index contributed by atoms with van der Waals surface area (Å²) in [5, 5.41) is 6.84. The summed E-state index contributed by atoms with van der Waals surface area (Å²) in [6.07, 6.45) is 1.68. The topological polar surface area (TPSA) is 42.0 Å². The first-order valence-electron chi connectivity index (χ1n) is 5.08. The second kappa shape index (κ2) is 4.90. The van der Waals surface area contributed by atoms with Crippen molar-refractivity contribution in [1.29, 1.82) is 0 Å². The van der Waals surface area contributed by atoms with Crippen molar-refractivity contribution in [2.45, 2.75) is 6.92 Å². The predicted octanol–water partition coefficient (Wildman–Crippen LogP) is 2.81. The van der Waals surface area contributed by atoms with E-state index < -0.39 is 0 Å². The standard InChI is InChI=1S/C12H12N2OS/c1-2-13-12-10(4-3-6-14-12)11(15)9-5-7-16-8-9/h3-8H,2H2,1H3,(H,13,14). The van der Waals surface area contributed by atoms with E-state index in [1.165, 1.54) is 11.3 Å². The van der Waals surface area contributed by atoms with Gasteiger partial charge < -0.3 is 5.32 Å². The number of carbonyl (C=O) groups excluding carboxylic acids is 1. The SMILES string of the molecule is CCNc1ncccc1C(=O)c1ccsc1. The molecule has 0 fully saturated rings. The van der Waals surface area contributed by atoms with Gasteiger partial charge in [0.05, 0.1) is 5.56 Å². The quantitative estimate of drug-likeness (QED) is 0.824. The number of anilines is 1. The Bertz CT molecular complexity index is 480. The van der Waals surface area contributed by atoms with Crippen molar-refractivity contribution in [3.63, 3.8) is 0 Å². The van der Waals surface area contributed by atoms with Gasteiger partial charge in [-0.1, -0.05) is 0 Å². The third kappa shape index (κ3) is 2.12. The van der Waals surface area contributed by atoms with Crippen LogP contribution in [0.1, 0.15) is 22.8 Å². The molecule has 16 heavy (non-hydrogen) atoms. The van der Waals surface area contributed by atoms with Crippen LogP contribution >= 0.6 is 11.3 Å². The highest BCUT2D eigenvalue weighted by atomic mass is 32.1. The van der Waals surface area contributed by atoms with E-state index in [0.29, 0.717) is 11.4 Å². The number of nitrogens with one attached hydrogen (secondary N) is 1. The zero-order valence-electron chi connectivity index (χ0n) is 8.93. The van der Waals surface area contributed by atoms with Crippen molar-refractivity contribution in [1.82, 2.24) is 4.98 Å². The molecule has 0 unspecified atom stereocenters. The minimum atomic E-state index is 0.0188. The Labute approximate surface area is 98.2 Å². The van der Waals surface area contributed by atoms with E-state index in [4.69, 9.17) is 0 Å². The lowest BCUT2D eigenvalue weighted by molar-refractivity contribution is 0.103. The molecule has 0 aromatic carbocycles.